The van der Waals surface area contributed by atoms with Crippen molar-refractivity contribution in [3.63, 3.8) is 0 Å². The Bertz CT molecular complexity index is 812. The van der Waals surface area contributed by atoms with Crippen molar-refractivity contribution >= 4 is 30.2 Å². The molecule has 19 heavy (non-hydrogen) atoms. The van der Waals surface area contributed by atoms with Crippen molar-refractivity contribution in [3.8, 4) is 5.69 Å². The molecule has 4 heteroatoms. The summed E-state index contributed by atoms with van der Waals surface area (Å²) in [5.74, 6) is 0.0353. The summed E-state index contributed by atoms with van der Waals surface area (Å²) < 4.78 is 2.90. The van der Waals surface area contributed by atoms with Gasteiger partial charge in [0.25, 0.3) is 0 Å². The molecule has 0 fully saturated rings. The molecular formula is C15H11NO2Se. The third-order valence-electron chi connectivity index (χ3n) is 3.00. The molecule has 1 heterocycles. The number of hydrogen-bond acceptors (Lipinski definition) is 2. The Morgan fingerprint density at radius 2 is 1.74 bits per heavy atom. The van der Waals surface area contributed by atoms with E-state index < -0.39 is 0 Å². The fraction of sp³-hybridized carbons (Fsp3) is 0.0667. The van der Waals surface area contributed by atoms with Gasteiger partial charge in [-0.15, -0.1) is 0 Å². The average molecular weight is 316 g/mol. The molecule has 0 spiro atoms. The fourth-order valence-electron chi connectivity index (χ4n) is 1.97. The van der Waals surface area contributed by atoms with Crippen LogP contribution in [0, 0.1) is 0 Å². The van der Waals surface area contributed by atoms with Gasteiger partial charge in [-0.2, -0.15) is 0 Å². The van der Waals surface area contributed by atoms with Crippen molar-refractivity contribution in [2.45, 2.75) is 6.92 Å². The van der Waals surface area contributed by atoms with Gasteiger partial charge >= 0.3 is 116 Å². The summed E-state index contributed by atoms with van der Waals surface area (Å²) in [5, 5.41) is 0.790. The minimum absolute atomic E-state index is 0.0224. The molecule has 3 rings (SSSR count). The molecule has 0 atom stereocenters. The molecule has 0 bridgehead atoms. The maximum absolute atomic E-state index is 12.3. The number of carbonyl (C=O) groups is 1. The average Bonchev–Trinajstić information content (AvgIpc) is 2.77. The SMILES string of the molecule is CC(=O)c1ccc(-n2[se]c3ccccc3c2=O)cc1. The number of hydrogen-bond donors (Lipinski definition) is 0. The van der Waals surface area contributed by atoms with Crippen LogP contribution in [-0.2, 0) is 0 Å². The molecule has 2 aromatic carbocycles. The molecular weight excluding hydrogens is 305 g/mol. The van der Waals surface area contributed by atoms with Crippen LogP contribution in [0.3, 0.4) is 0 Å². The number of fused-ring (bicyclic) bond motifs is 1. The van der Waals surface area contributed by atoms with E-state index in [2.05, 4.69) is 0 Å². The first-order valence-corrected chi connectivity index (χ1v) is 7.51. The summed E-state index contributed by atoms with van der Waals surface area (Å²) in [6.45, 7) is 1.54. The van der Waals surface area contributed by atoms with Crippen LogP contribution in [-0.4, -0.2) is 24.1 Å². The Hall–Kier alpha value is -1.90. The first kappa shape index (κ1) is 12.1. The molecule has 1 aromatic heterocycles. The molecule has 0 aliphatic heterocycles. The van der Waals surface area contributed by atoms with Crippen LogP contribution in [0.15, 0.2) is 53.3 Å². The van der Waals surface area contributed by atoms with Crippen LogP contribution in [0.2, 0.25) is 0 Å². The van der Waals surface area contributed by atoms with Crippen molar-refractivity contribution in [1.82, 2.24) is 3.56 Å². The Kier molecular flexibility index (Phi) is 2.97. The molecule has 94 valence electrons. The summed E-state index contributed by atoms with van der Waals surface area (Å²) >= 11 is -0.0224. The predicted molar refractivity (Wildman–Crippen MR) is 76.5 cm³/mol. The van der Waals surface area contributed by atoms with E-state index in [1.165, 1.54) is 6.92 Å². The second kappa shape index (κ2) is 4.65. The summed E-state index contributed by atoms with van der Waals surface area (Å²) in [4.78, 5) is 23.5. The van der Waals surface area contributed by atoms with E-state index in [4.69, 9.17) is 0 Å². The first-order valence-electron chi connectivity index (χ1n) is 5.89. The molecule has 0 aliphatic carbocycles. The number of Topliss-reactive ketones (excluding diaryl/α,β-unsaturated/α-hetero) is 1. The number of aromatic nitrogens is 1. The van der Waals surface area contributed by atoms with Gasteiger partial charge < -0.3 is 0 Å². The van der Waals surface area contributed by atoms with Crippen molar-refractivity contribution in [2.75, 3.05) is 0 Å². The molecule has 0 saturated carbocycles. The van der Waals surface area contributed by atoms with Crippen molar-refractivity contribution in [1.29, 1.82) is 0 Å². The zero-order chi connectivity index (χ0) is 13.4. The van der Waals surface area contributed by atoms with Crippen LogP contribution < -0.4 is 5.56 Å². The number of carbonyl (C=O) groups excluding carboxylic acids is 1. The van der Waals surface area contributed by atoms with Crippen LogP contribution in [0.25, 0.3) is 15.3 Å². The van der Waals surface area contributed by atoms with Gasteiger partial charge in [0.15, 0.2) is 0 Å². The van der Waals surface area contributed by atoms with Crippen LogP contribution in [0.4, 0.5) is 0 Å². The quantitative estimate of drug-likeness (QED) is 0.537. The van der Waals surface area contributed by atoms with Crippen LogP contribution in [0.1, 0.15) is 17.3 Å². The standard InChI is InChI=1S/C15H11NO2Se/c1-10(17)11-6-8-12(9-7-11)16-15(18)13-4-2-3-5-14(13)19-16/h2-9H,1H3. The maximum atomic E-state index is 12.3. The Morgan fingerprint density at radius 3 is 2.37 bits per heavy atom. The summed E-state index contributed by atoms with van der Waals surface area (Å²) in [6.07, 6.45) is 0. The summed E-state index contributed by atoms with van der Waals surface area (Å²) in [5.41, 5.74) is 1.57. The molecule has 0 unspecified atom stereocenters. The third-order valence-corrected chi connectivity index (χ3v) is 5.33. The molecule has 0 aliphatic rings. The minimum atomic E-state index is -0.0224. The fourth-order valence-corrected chi connectivity index (χ4v) is 4.07. The van der Waals surface area contributed by atoms with Crippen LogP contribution >= 0.6 is 0 Å². The Morgan fingerprint density at radius 1 is 1.05 bits per heavy atom. The van der Waals surface area contributed by atoms with E-state index in [0.29, 0.717) is 5.56 Å². The van der Waals surface area contributed by atoms with Crippen LogP contribution in [0.5, 0.6) is 0 Å². The van der Waals surface area contributed by atoms with Crippen molar-refractivity contribution in [3.05, 3.63) is 64.4 Å². The topological polar surface area (TPSA) is 39.1 Å². The first-order chi connectivity index (χ1) is 9.16. The molecule has 3 nitrogen and oxygen atoms in total. The van der Waals surface area contributed by atoms with E-state index in [0.717, 1.165) is 15.3 Å². The molecule has 0 N–H and O–H groups in total. The summed E-state index contributed by atoms with van der Waals surface area (Å²) in [6, 6.07) is 14.9. The Labute approximate surface area is 116 Å². The number of rotatable bonds is 2. The summed E-state index contributed by atoms with van der Waals surface area (Å²) in [7, 11) is 0. The van der Waals surface area contributed by atoms with E-state index in [1.807, 2.05) is 36.4 Å². The zero-order valence-electron chi connectivity index (χ0n) is 10.3. The molecule has 0 amide bonds. The van der Waals surface area contributed by atoms with Gasteiger partial charge in [0.05, 0.1) is 0 Å². The van der Waals surface area contributed by atoms with E-state index in [9.17, 15) is 9.59 Å². The van der Waals surface area contributed by atoms with Gasteiger partial charge in [-0.1, -0.05) is 0 Å². The Balaban J connectivity index is 2.16. The number of ketones is 1. The van der Waals surface area contributed by atoms with Gasteiger partial charge in [-0.25, -0.2) is 0 Å². The molecule has 0 radical (unpaired) electrons. The van der Waals surface area contributed by atoms with Crippen molar-refractivity contribution in [2.24, 2.45) is 0 Å². The van der Waals surface area contributed by atoms with E-state index in [1.54, 1.807) is 15.7 Å². The van der Waals surface area contributed by atoms with Gasteiger partial charge in [0, 0.05) is 0 Å². The van der Waals surface area contributed by atoms with Crippen molar-refractivity contribution < 1.29 is 4.79 Å². The normalized spacial score (nSPS) is 10.8. The monoisotopic (exact) mass is 317 g/mol. The van der Waals surface area contributed by atoms with E-state index in [-0.39, 0.29) is 26.1 Å². The zero-order valence-corrected chi connectivity index (χ0v) is 12.0. The van der Waals surface area contributed by atoms with Gasteiger partial charge in [-0.05, 0) is 0 Å². The predicted octanol–water partition coefficient (Wildman–Crippen LogP) is 2.25. The van der Waals surface area contributed by atoms with Gasteiger partial charge in [0.2, 0.25) is 0 Å². The number of benzene rings is 2. The third kappa shape index (κ3) is 2.09. The van der Waals surface area contributed by atoms with E-state index >= 15 is 0 Å². The second-order valence-corrected chi connectivity index (χ2v) is 6.36. The van der Waals surface area contributed by atoms with Gasteiger partial charge in [0.1, 0.15) is 0 Å². The number of nitrogens with zero attached hydrogens (tertiary/aromatic N) is 1. The molecule has 0 saturated heterocycles. The second-order valence-electron chi connectivity index (χ2n) is 4.29. The molecule has 3 aromatic rings. The van der Waals surface area contributed by atoms with Gasteiger partial charge in [-0.3, -0.25) is 0 Å².